The fraction of sp³-hybridized carbons (Fsp3) is 0.292. The predicted octanol–water partition coefficient (Wildman–Crippen LogP) is 2.41. The highest BCUT2D eigenvalue weighted by molar-refractivity contribution is 7.98. The van der Waals surface area contributed by atoms with Crippen molar-refractivity contribution in [1.82, 2.24) is 14.7 Å². The van der Waals surface area contributed by atoms with Crippen LogP contribution in [0.15, 0.2) is 52.4 Å². The van der Waals surface area contributed by atoms with Crippen LogP contribution in [0, 0.1) is 13.8 Å². The van der Waals surface area contributed by atoms with E-state index in [2.05, 4.69) is 25.3 Å². The Kier molecular flexibility index (Phi) is 9.40. The first-order valence-corrected chi connectivity index (χ1v) is 13.8. The van der Waals surface area contributed by atoms with Gasteiger partial charge < -0.3 is 20.8 Å². The van der Waals surface area contributed by atoms with Gasteiger partial charge >= 0.3 is 0 Å². The van der Waals surface area contributed by atoms with Crippen molar-refractivity contribution in [3.8, 4) is 11.4 Å². The Balaban J connectivity index is 1.99. The summed E-state index contributed by atoms with van der Waals surface area (Å²) in [5.41, 5.74) is 3.57. The molecule has 36 heavy (non-hydrogen) atoms. The molecular weight excluding hydrogens is 502 g/mol. The van der Waals surface area contributed by atoms with Gasteiger partial charge in [-0.25, -0.2) is 23.1 Å². The maximum absolute atomic E-state index is 13.3. The first-order chi connectivity index (χ1) is 17.2. The Morgan fingerprint density at radius 1 is 0.972 bits per heavy atom. The Morgan fingerprint density at radius 2 is 1.67 bits per heavy atom. The van der Waals surface area contributed by atoms with Crippen molar-refractivity contribution in [1.29, 1.82) is 0 Å². The van der Waals surface area contributed by atoms with Gasteiger partial charge in [-0.2, -0.15) is 0 Å². The second kappa shape index (κ2) is 12.3. The summed E-state index contributed by atoms with van der Waals surface area (Å²) >= 11 is 1.27. The molecule has 0 saturated carbocycles. The van der Waals surface area contributed by atoms with Crippen molar-refractivity contribution in [2.75, 3.05) is 43.2 Å². The predicted molar refractivity (Wildman–Crippen MR) is 141 cm³/mol. The number of carbonyl (C=O) groups is 1. The van der Waals surface area contributed by atoms with Crippen molar-refractivity contribution in [2.24, 2.45) is 0 Å². The van der Waals surface area contributed by atoms with E-state index >= 15 is 0 Å². The minimum atomic E-state index is -3.76. The SMILES string of the molecule is CSc1nc(-c2ccc(S(=O)(=O)NCCO)cc2)nc(NCCO)c1C(=O)Nc1ccc(C)c(C)c1. The number of rotatable bonds is 11. The molecule has 0 aliphatic rings. The van der Waals surface area contributed by atoms with E-state index < -0.39 is 15.9 Å². The maximum Gasteiger partial charge on any atom is 0.262 e. The Bertz CT molecular complexity index is 1330. The molecule has 0 radical (unpaired) electrons. The van der Waals surface area contributed by atoms with Crippen molar-refractivity contribution in [3.05, 3.63) is 59.2 Å². The molecule has 1 amide bonds. The molecule has 0 aliphatic carbocycles. The van der Waals surface area contributed by atoms with Gasteiger partial charge in [0.25, 0.3) is 5.91 Å². The molecular formula is C24H29N5O5S2. The summed E-state index contributed by atoms with van der Waals surface area (Å²) in [6.45, 7) is 3.56. The number of nitrogens with zero attached hydrogens (tertiary/aromatic N) is 2. The zero-order valence-corrected chi connectivity index (χ0v) is 21.8. The Hall–Kier alpha value is -3.03. The van der Waals surface area contributed by atoms with Gasteiger partial charge in [0.05, 0.1) is 18.1 Å². The van der Waals surface area contributed by atoms with Gasteiger partial charge in [0.15, 0.2) is 5.82 Å². The molecule has 192 valence electrons. The molecule has 0 aliphatic heterocycles. The smallest absolute Gasteiger partial charge is 0.262 e. The fourth-order valence-electron chi connectivity index (χ4n) is 3.28. The van der Waals surface area contributed by atoms with Crippen LogP contribution in [0.2, 0.25) is 0 Å². The number of nitrogens with one attached hydrogen (secondary N) is 3. The molecule has 0 unspecified atom stereocenters. The lowest BCUT2D eigenvalue weighted by atomic mass is 10.1. The summed E-state index contributed by atoms with van der Waals surface area (Å²) in [7, 11) is -3.76. The number of aromatic nitrogens is 2. The molecule has 1 aromatic heterocycles. The van der Waals surface area contributed by atoms with Crippen LogP contribution in [0.1, 0.15) is 21.5 Å². The highest BCUT2D eigenvalue weighted by atomic mass is 32.2. The van der Waals surface area contributed by atoms with Crippen molar-refractivity contribution in [3.63, 3.8) is 0 Å². The lowest BCUT2D eigenvalue weighted by molar-refractivity contribution is 0.102. The summed E-state index contributed by atoms with van der Waals surface area (Å²) in [6.07, 6.45) is 1.79. The molecule has 5 N–H and O–H groups in total. The average Bonchev–Trinajstić information content (AvgIpc) is 2.87. The number of amides is 1. The monoisotopic (exact) mass is 531 g/mol. The highest BCUT2D eigenvalue weighted by Gasteiger charge is 2.22. The van der Waals surface area contributed by atoms with Gasteiger partial charge in [-0.05, 0) is 67.6 Å². The molecule has 0 bridgehead atoms. The van der Waals surface area contributed by atoms with Crippen molar-refractivity contribution in [2.45, 2.75) is 23.8 Å². The van der Waals surface area contributed by atoms with Crippen LogP contribution in [0.25, 0.3) is 11.4 Å². The number of hydrogen-bond acceptors (Lipinski definition) is 9. The maximum atomic E-state index is 13.3. The normalized spacial score (nSPS) is 11.4. The topological polar surface area (TPSA) is 154 Å². The number of aliphatic hydroxyl groups excluding tert-OH is 2. The number of benzene rings is 2. The van der Waals surface area contributed by atoms with Crippen LogP contribution < -0.4 is 15.4 Å². The van der Waals surface area contributed by atoms with E-state index in [0.717, 1.165) is 11.1 Å². The summed E-state index contributed by atoms with van der Waals surface area (Å²) in [5.74, 6) is 0.141. The van der Waals surface area contributed by atoms with Crippen LogP contribution in [0.3, 0.4) is 0 Å². The highest BCUT2D eigenvalue weighted by Crippen LogP contribution is 2.29. The lowest BCUT2D eigenvalue weighted by Crippen LogP contribution is -2.26. The summed E-state index contributed by atoms with van der Waals surface area (Å²) in [4.78, 5) is 22.4. The van der Waals surface area contributed by atoms with Gasteiger partial charge in [-0.3, -0.25) is 4.79 Å². The summed E-state index contributed by atoms with van der Waals surface area (Å²) in [6, 6.07) is 11.6. The number of aryl methyl sites for hydroxylation is 2. The van der Waals surface area contributed by atoms with Crippen LogP contribution in [-0.2, 0) is 10.0 Å². The van der Waals surface area contributed by atoms with E-state index in [9.17, 15) is 18.3 Å². The molecule has 2 aromatic carbocycles. The zero-order chi connectivity index (χ0) is 26.3. The van der Waals surface area contributed by atoms with E-state index in [-0.39, 0.29) is 48.4 Å². The number of thioether (sulfide) groups is 1. The van der Waals surface area contributed by atoms with E-state index in [0.29, 0.717) is 16.3 Å². The molecule has 0 spiro atoms. The first kappa shape index (κ1) is 27.6. The van der Waals surface area contributed by atoms with E-state index in [1.165, 1.54) is 23.9 Å². The molecule has 1 heterocycles. The van der Waals surface area contributed by atoms with Crippen molar-refractivity contribution >= 4 is 39.2 Å². The van der Waals surface area contributed by atoms with Crippen LogP contribution in [0.4, 0.5) is 11.5 Å². The number of sulfonamides is 1. The quantitative estimate of drug-likeness (QED) is 0.185. The average molecular weight is 532 g/mol. The second-order valence-electron chi connectivity index (χ2n) is 7.83. The standard InChI is InChI=1S/C24H29N5O5S2/c1-15-4-7-18(14-16(15)2)27-23(32)20-22(25-10-12-30)28-21(29-24(20)35-3)17-5-8-19(9-6-17)36(33,34)26-11-13-31/h4-9,14,26,30-31H,10-13H2,1-3H3,(H,27,32)(H,25,28,29). The van der Waals surface area contributed by atoms with Crippen LogP contribution in [0.5, 0.6) is 0 Å². The molecule has 12 heteroatoms. The van der Waals surface area contributed by atoms with Crippen molar-refractivity contribution < 1.29 is 23.4 Å². The number of carbonyl (C=O) groups excluding carboxylic acids is 1. The first-order valence-electron chi connectivity index (χ1n) is 11.1. The molecule has 0 fully saturated rings. The largest absolute Gasteiger partial charge is 0.395 e. The third-order valence-corrected chi connectivity index (χ3v) is 7.45. The number of aliphatic hydroxyl groups is 2. The van der Waals surface area contributed by atoms with Gasteiger partial charge in [0.2, 0.25) is 10.0 Å². The van der Waals surface area contributed by atoms with E-state index in [4.69, 9.17) is 5.11 Å². The van der Waals surface area contributed by atoms with Gasteiger partial charge in [-0.1, -0.05) is 6.07 Å². The van der Waals surface area contributed by atoms with E-state index in [1.807, 2.05) is 32.0 Å². The Labute approximate surface area is 214 Å². The summed E-state index contributed by atoms with van der Waals surface area (Å²) in [5, 5.41) is 24.5. The second-order valence-corrected chi connectivity index (χ2v) is 10.4. The fourth-order valence-corrected chi connectivity index (χ4v) is 4.88. The molecule has 10 nitrogen and oxygen atoms in total. The lowest BCUT2D eigenvalue weighted by Gasteiger charge is -2.16. The summed E-state index contributed by atoms with van der Waals surface area (Å²) < 4.78 is 26.9. The molecule has 3 rings (SSSR count). The molecule has 3 aromatic rings. The zero-order valence-electron chi connectivity index (χ0n) is 20.2. The van der Waals surface area contributed by atoms with Gasteiger partial charge in [0, 0.05) is 24.3 Å². The Morgan fingerprint density at radius 3 is 2.28 bits per heavy atom. The minimum Gasteiger partial charge on any atom is -0.395 e. The van der Waals surface area contributed by atoms with Crippen LogP contribution in [-0.4, -0.2) is 67.1 Å². The number of anilines is 2. The third kappa shape index (κ3) is 6.59. The minimum absolute atomic E-state index is 0.0350. The molecule has 0 saturated heterocycles. The van der Waals surface area contributed by atoms with E-state index in [1.54, 1.807) is 18.4 Å². The van der Waals surface area contributed by atoms with Gasteiger partial charge in [0.1, 0.15) is 16.4 Å². The van der Waals surface area contributed by atoms with Gasteiger partial charge in [-0.15, -0.1) is 11.8 Å². The number of hydrogen-bond donors (Lipinski definition) is 5. The third-order valence-electron chi connectivity index (χ3n) is 5.29. The molecule has 0 atom stereocenters. The van der Waals surface area contributed by atoms with Crippen LogP contribution >= 0.6 is 11.8 Å².